The number of rotatable bonds is 2. The van der Waals surface area contributed by atoms with Gasteiger partial charge in [0, 0.05) is 13.1 Å². The van der Waals surface area contributed by atoms with Gasteiger partial charge in [0.25, 0.3) is 0 Å². The third kappa shape index (κ3) is 2.71. The van der Waals surface area contributed by atoms with E-state index in [1.807, 2.05) is 11.2 Å². The SMILES string of the molecule is C=CC(=O)N1CCCCC(n2cnc3cc(C)ccc32)C1. The molecule has 1 saturated heterocycles. The number of likely N-dealkylation sites (tertiary alicyclic amines) is 1. The fraction of sp³-hybridized carbons (Fsp3) is 0.412. The highest BCUT2D eigenvalue weighted by Gasteiger charge is 2.22. The molecule has 1 aliphatic rings. The molecule has 2 heterocycles. The maximum atomic E-state index is 11.9. The second-order valence-electron chi connectivity index (χ2n) is 5.78. The molecule has 0 spiro atoms. The zero-order valence-corrected chi connectivity index (χ0v) is 12.5. The summed E-state index contributed by atoms with van der Waals surface area (Å²) in [6.07, 6.45) is 6.60. The Balaban J connectivity index is 1.93. The lowest BCUT2D eigenvalue weighted by molar-refractivity contribution is -0.126. The molecule has 0 aliphatic carbocycles. The van der Waals surface area contributed by atoms with Crippen molar-refractivity contribution in [1.29, 1.82) is 0 Å². The number of benzene rings is 1. The van der Waals surface area contributed by atoms with E-state index in [1.54, 1.807) is 0 Å². The fourth-order valence-corrected chi connectivity index (χ4v) is 3.11. The maximum absolute atomic E-state index is 11.9. The Morgan fingerprint density at radius 3 is 3.10 bits per heavy atom. The number of fused-ring (bicyclic) bond motifs is 1. The van der Waals surface area contributed by atoms with Gasteiger partial charge >= 0.3 is 0 Å². The van der Waals surface area contributed by atoms with E-state index in [1.165, 1.54) is 11.6 Å². The van der Waals surface area contributed by atoms with Crippen molar-refractivity contribution >= 4 is 16.9 Å². The number of hydrogen-bond donors (Lipinski definition) is 0. The minimum atomic E-state index is 0.0298. The molecule has 1 fully saturated rings. The molecule has 0 radical (unpaired) electrons. The Hall–Kier alpha value is -2.10. The summed E-state index contributed by atoms with van der Waals surface area (Å²) in [5.41, 5.74) is 3.40. The van der Waals surface area contributed by atoms with Gasteiger partial charge in [0.15, 0.2) is 0 Å². The standard InChI is InChI=1S/C17H21N3O/c1-3-17(21)19-9-5-4-6-14(11-19)20-12-18-15-10-13(2)7-8-16(15)20/h3,7-8,10,12,14H,1,4-6,9,11H2,2H3. The van der Waals surface area contributed by atoms with Gasteiger partial charge < -0.3 is 9.47 Å². The van der Waals surface area contributed by atoms with Crippen molar-refractivity contribution in [3.05, 3.63) is 42.7 Å². The number of carbonyl (C=O) groups excluding carboxylic acids is 1. The lowest BCUT2D eigenvalue weighted by atomic mass is 10.1. The number of carbonyl (C=O) groups is 1. The van der Waals surface area contributed by atoms with Gasteiger partial charge in [-0.25, -0.2) is 4.98 Å². The molecule has 4 nitrogen and oxygen atoms in total. The van der Waals surface area contributed by atoms with Crippen LogP contribution in [0.3, 0.4) is 0 Å². The molecule has 1 aromatic carbocycles. The van der Waals surface area contributed by atoms with E-state index in [0.29, 0.717) is 6.04 Å². The van der Waals surface area contributed by atoms with E-state index in [-0.39, 0.29) is 5.91 Å². The minimum absolute atomic E-state index is 0.0298. The van der Waals surface area contributed by atoms with Crippen LogP contribution < -0.4 is 0 Å². The molecule has 0 bridgehead atoms. The van der Waals surface area contributed by atoms with Crippen molar-refractivity contribution in [1.82, 2.24) is 14.5 Å². The van der Waals surface area contributed by atoms with Crippen LogP contribution in [0.25, 0.3) is 11.0 Å². The number of aryl methyl sites for hydroxylation is 1. The Morgan fingerprint density at radius 2 is 2.29 bits per heavy atom. The molecule has 21 heavy (non-hydrogen) atoms. The second kappa shape index (κ2) is 5.72. The summed E-state index contributed by atoms with van der Waals surface area (Å²) in [5.74, 6) is 0.0298. The third-order valence-corrected chi connectivity index (χ3v) is 4.26. The first-order chi connectivity index (χ1) is 10.2. The van der Waals surface area contributed by atoms with E-state index in [2.05, 4.69) is 41.3 Å². The average Bonchev–Trinajstić information content (AvgIpc) is 2.74. The van der Waals surface area contributed by atoms with Crippen LogP contribution in [0, 0.1) is 6.92 Å². The highest BCUT2D eigenvalue weighted by atomic mass is 16.2. The zero-order valence-electron chi connectivity index (χ0n) is 12.5. The van der Waals surface area contributed by atoms with Gasteiger partial charge in [-0.2, -0.15) is 0 Å². The largest absolute Gasteiger partial charge is 0.337 e. The van der Waals surface area contributed by atoms with E-state index in [4.69, 9.17) is 0 Å². The van der Waals surface area contributed by atoms with Gasteiger partial charge in [-0.05, 0) is 50.0 Å². The summed E-state index contributed by atoms with van der Waals surface area (Å²) >= 11 is 0. The van der Waals surface area contributed by atoms with E-state index in [9.17, 15) is 4.79 Å². The van der Waals surface area contributed by atoms with Crippen LogP contribution in [0.5, 0.6) is 0 Å². The molecule has 2 aromatic rings. The van der Waals surface area contributed by atoms with Crippen molar-refractivity contribution in [2.75, 3.05) is 13.1 Å². The van der Waals surface area contributed by atoms with Gasteiger partial charge in [-0.1, -0.05) is 12.6 Å². The first kappa shape index (κ1) is 13.9. The van der Waals surface area contributed by atoms with Crippen LogP contribution in [0.2, 0.25) is 0 Å². The van der Waals surface area contributed by atoms with Gasteiger partial charge in [-0.3, -0.25) is 4.79 Å². The highest BCUT2D eigenvalue weighted by Crippen LogP contribution is 2.26. The summed E-state index contributed by atoms with van der Waals surface area (Å²) in [7, 11) is 0. The minimum Gasteiger partial charge on any atom is -0.337 e. The molecule has 3 rings (SSSR count). The number of amides is 1. The van der Waals surface area contributed by atoms with Crippen LogP contribution in [0.15, 0.2) is 37.2 Å². The Kier molecular flexibility index (Phi) is 3.78. The van der Waals surface area contributed by atoms with Gasteiger partial charge in [0.1, 0.15) is 0 Å². The lowest BCUT2D eigenvalue weighted by Crippen LogP contribution is -2.34. The summed E-state index contributed by atoms with van der Waals surface area (Å²) in [5, 5.41) is 0. The van der Waals surface area contributed by atoms with E-state index >= 15 is 0 Å². The predicted octanol–water partition coefficient (Wildman–Crippen LogP) is 3.08. The van der Waals surface area contributed by atoms with Crippen molar-refractivity contribution in [3.8, 4) is 0 Å². The molecule has 1 aliphatic heterocycles. The lowest BCUT2D eigenvalue weighted by Gasteiger charge is -2.24. The monoisotopic (exact) mass is 283 g/mol. The Morgan fingerprint density at radius 1 is 1.43 bits per heavy atom. The normalized spacial score (nSPS) is 19.5. The van der Waals surface area contributed by atoms with Crippen LogP contribution in [0.4, 0.5) is 0 Å². The number of nitrogens with zero attached hydrogens (tertiary/aromatic N) is 3. The first-order valence-electron chi connectivity index (χ1n) is 7.53. The van der Waals surface area contributed by atoms with Gasteiger partial charge in [-0.15, -0.1) is 0 Å². The highest BCUT2D eigenvalue weighted by molar-refractivity contribution is 5.87. The zero-order chi connectivity index (χ0) is 14.8. The average molecular weight is 283 g/mol. The number of hydrogen-bond acceptors (Lipinski definition) is 2. The van der Waals surface area contributed by atoms with E-state index in [0.717, 1.165) is 43.4 Å². The van der Waals surface area contributed by atoms with E-state index < -0.39 is 0 Å². The summed E-state index contributed by atoms with van der Waals surface area (Å²) in [6, 6.07) is 6.64. The summed E-state index contributed by atoms with van der Waals surface area (Å²) in [6.45, 7) is 7.25. The Labute approximate surface area is 125 Å². The first-order valence-corrected chi connectivity index (χ1v) is 7.53. The molecule has 1 unspecified atom stereocenters. The molecular formula is C17H21N3O. The topological polar surface area (TPSA) is 38.1 Å². The Bertz CT molecular complexity index is 674. The number of imidazole rings is 1. The molecular weight excluding hydrogens is 262 g/mol. The van der Waals surface area contributed by atoms with Crippen LogP contribution in [-0.2, 0) is 4.79 Å². The molecule has 1 atom stereocenters. The third-order valence-electron chi connectivity index (χ3n) is 4.26. The summed E-state index contributed by atoms with van der Waals surface area (Å²) in [4.78, 5) is 18.3. The van der Waals surface area contributed by atoms with Gasteiger partial charge in [0.2, 0.25) is 5.91 Å². The number of aromatic nitrogens is 2. The fourth-order valence-electron chi connectivity index (χ4n) is 3.11. The van der Waals surface area contributed by atoms with Crippen LogP contribution in [0.1, 0.15) is 30.9 Å². The maximum Gasteiger partial charge on any atom is 0.246 e. The molecule has 0 saturated carbocycles. The second-order valence-corrected chi connectivity index (χ2v) is 5.78. The summed E-state index contributed by atoms with van der Waals surface area (Å²) < 4.78 is 2.23. The van der Waals surface area contributed by atoms with Crippen molar-refractivity contribution in [2.45, 2.75) is 32.2 Å². The predicted molar refractivity (Wildman–Crippen MR) is 84.1 cm³/mol. The van der Waals surface area contributed by atoms with Gasteiger partial charge in [0.05, 0.1) is 23.4 Å². The van der Waals surface area contributed by atoms with Crippen LogP contribution >= 0.6 is 0 Å². The smallest absolute Gasteiger partial charge is 0.246 e. The van der Waals surface area contributed by atoms with Crippen LogP contribution in [-0.4, -0.2) is 33.4 Å². The molecule has 0 N–H and O–H groups in total. The van der Waals surface area contributed by atoms with Crippen molar-refractivity contribution in [2.24, 2.45) is 0 Å². The molecule has 4 heteroatoms. The van der Waals surface area contributed by atoms with Crippen molar-refractivity contribution in [3.63, 3.8) is 0 Å². The van der Waals surface area contributed by atoms with Crippen molar-refractivity contribution < 1.29 is 4.79 Å². The quantitative estimate of drug-likeness (QED) is 0.794. The molecule has 110 valence electrons. The molecule has 1 aromatic heterocycles. The molecule has 1 amide bonds.